The molecule has 0 atom stereocenters. The predicted octanol–water partition coefficient (Wildman–Crippen LogP) is 2.25. The lowest BCUT2D eigenvalue weighted by atomic mass is 10.0. The van der Waals surface area contributed by atoms with Crippen molar-refractivity contribution in [2.24, 2.45) is 5.10 Å². The molecular weight excluding hydrogens is 529 g/mol. The van der Waals surface area contributed by atoms with Gasteiger partial charge in [-0.1, -0.05) is 23.7 Å². The lowest BCUT2D eigenvalue weighted by molar-refractivity contribution is -0.691. The highest BCUT2D eigenvalue weighted by Crippen LogP contribution is 2.27. The van der Waals surface area contributed by atoms with E-state index in [0.717, 1.165) is 24.3 Å². The highest BCUT2D eigenvalue weighted by Gasteiger charge is 2.48. The number of nitrogens with one attached hydrogen (secondary N) is 1. The van der Waals surface area contributed by atoms with Crippen LogP contribution in [0.15, 0.2) is 53.6 Å². The van der Waals surface area contributed by atoms with Crippen LogP contribution in [0.1, 0.15) is 11.1 Å². The van der Waals surface area contributed by atoms with Crippen LogP contribution >= 0.6 is 11.6 Å². The van der Waals surface area contributed by atoms with Crippen LogP contribution in [-0.2, 0) is 39.7 Å². The summed E-state index contributed by atoms with van der Waals surface area (Å²) in [5, 5.41) is 22.0. The Morgan fingerprint density at radius 3 is 2.11 bits per heavy atom. The minimum Gasteiger partial charge on any atom is -0.376 e. The van der Waals surface area contributed by atoms with Gasteiger partial charge in [-0.05, 0) is 41.4 Å². The molecule has 0 aliphatic rings. The maximum absolute atomic E-state index is 12.5. The Morgan fingerprint density at radius 2 is 1.57 bits per heavy atom. The molecule has 0 bridgehead atoms. The summed E-state index contributed by atoms with van der Waals surface area (Å²) in [6, 6.07) is 10.0. The number of hydrazone groups is 1. The molecule has 2 rings (SSSR count). The Bertz CT molecular complexity index is 1250. The quantitative estimate of drug-likeness (QED) is 0.0708. The second-order valence-electron chi connectivity index (χ2n) is 5.77. The standard InChI is InChI=1S/C18H10ClF3N2O10S/c19-13-5-1-11(2-6-13)16(23-24-17(26)15(25)9-10-30-33-34-32-27)12-3-7-14(8-4-12)31-35(28,29)18(20,21)22/h1-8,27H,(H,24,26)/b23-16-. The van der Waals surface area contributed by atoms with E-state index >= 15 is 0 Å². The van der Waals surface area contributed by atoms with E-state index in [1.54, 1.807) is 12.0 Å². The van der Waals surface area contributed by atoms with Gasteiger partial charge in [0, 0.05) is 32.1 Å². The van der Waals surface area contributed by atoms with Crippen LogP contribution in [0.5, 0.6) is 5.75 Å². The molecule has 2 aromatic carbocycles. The maximum Gasteiger partial charge on any atom is 0.534 e. The molecular formula is C18H10ClF3N2O10S. The fourth-order valence-electron chi connectivity index (χ4n) is 2.07. The summed E-state index contributed by atoms with van der Waals surface area (Å²) in [6.45, 7) is 0. The number of carbonyl (C=O) groups excluding carboxylic acids is 2. The topological polar surface area (TPSA) is 159 Å². The van der Waals surface area contributed by atoms with E-state index in [-0.39, 0.29) is 11.3 Å². The summed E-state index contributed by atoms with van der Waals surface area (Å²) >= 11 is 5.84. The first-order chi connectivity index (χ1) is 16.4. The number of rotatable bonds is 9. The lowest BCUT2D eigenvalue weighted by Crippen LogP contribution is -2.28. The first-order valence-corrected chi connectivity index (χ1v) is 10.3. The zero-order valence-electron chi connectivity index (χ0n) is 16.6. The van der Waals surface area contributed by atoms with Crippen molar-refractivity contribution in [3.8, 4) is 17.8 Å². The number of halogens is 4. The molecule has 17 heteroatoms. The van der Waals surface area contributed by atoms with Gasteiger partial charge in [0.25, 0.3) is 5.78 Å². The van der Waals surface area contributed by atoms with Crippen molar-refractivity contribution in [2.75, 3.05) is 0 Å². The number of nitrogens with zero attached hydrogens (tertiary/aromatic N) is 1. The highest BCUT2D eigenvalue weighted by atomic mass is 35.5. The normalized spacial score (nSPS) is 11.7. The van der Waals surface area contributed by atoms with Crippen LogP contribution in [0.3, 0.4) is 0 Å². The number of alkyl halides is 3. The van der Waals surface area contributed by atoms with Gasteiger partial charge in [-0.3, -0.25) is 9.59 Å². The molecule has 0 radical (unpaired) electrons. The average molecular weight is 539 g/mol. The lowest BCUT2D eigenvalue weighted by Gasteiger charge is -2.11. The smallest absolute Gasteiger partial charge is 0.376 e. The number of ketones is 1. The minimum atomic E-state index is -5.88. The van der Waals surface area contributed by atoms with Gasteiger partial charge in [-0.25, -0.2) is 15.6 Å². The second-order valence-corrected chi connectivity index (χ2v) is 7.74. The number of carbonyl (C=O) groups is 2. The third kappa shape index (κ3) is 8.22. The number of benzene rings is 2. The van der Waals surface area contributed by atoms with Gasteiger partial charge in [0.15, 0.2) is 6.11 Å². The molecule has 0 saturated carbocycles. The first kappa shape index (κ1) is 27.5. The first-order valence-electron chi connectivity index (χ1n) is 8.55. The fourth-order valence-corrected chi connectivity index (χ4v) is 2.66. The van der Waals surface area contributed by atoms with Gasteiger partial charge in [-0.2, -0.15) is 26.7 Å². The molecule has 2 N–H and O–H groups in total. The van der Waals surface area contributed by atoms with Crippen molar-refractivity contribution in [2.45, 2.75) is 5.51 Å². The van der Waals surface area contributed by atoms with Gasteiger partial charge in [-0.15, -0.1) is 0 Å². The van der Waals surface area contributed by atoms with Gasteiger partial charge >= 0.3 is 21.5 Å². The molecule has 0 unspecified atom stereocenters. The van der Waals surface area contributed by atoms with Crippen LogP contribution < -0.4 is 9.61 Å². The molecule has 0 fully saturated rings. The second kappa shape index (κ2) is 12.1. The summed E-state index contributed by atoms with van der Waals surface area (Å²) in [6.07, 6.45) is 1.59. The van der Waals surface area contributed by atoms with Crippen molar-refractivity contribution in [3.05, 3.63) is 64.7 Å². The molecule has 35 heavy (non-hydrogen) atoms. The van der Waals surface area contributed by atoms with Crippen molar-refractivity contribution in [1.82, 2.24) is 5.43 Å². The van der Waals surface area contributed by atoms with Crippen LogP contribution in [0.4, 0.5) is 13.2 Å². The van der Waals surface area contributed by atoms with E-state index in [4.69, 9.17) is 16.9 Å². The molecule has 0 heterocycles. The summed E-state index contributed by atoms with van der Waals surface area (Å²) in [5.74, 6) is -1.65. The Hall–Kier alpha value is -3.72. The van der Waals surface area contributed by atoms with Crippen LogP contribution in [0, 0.1) is 12.0 Å². The predicted molar refractivity (Wildman–Crippen MR) is 107 cm³/mol. The molecule has 1 amide bonds. The van der Waals surface area contributed by atoms with E-state index in [9.17, 15) is 31.2 Å². The van der Waals surface area contributed by atoms with E-state index in [1.165, 1.54) is 24.3 Å². The molecule has 0 spiro atoms. The monoisotopic (exact) mass is 538 g/mol. The van der Waals surface area contributed by atoms with Gasteiger partial charge in [0.2, 0.25) is 0 Å². The zero-order valence-corrected chi connectivity index (χ0v) is 18.2. The summed E-state index contributed by atoms with van der Waals surface area (Å²) in [7, 11) is -5.88. The third-order valence-corrected chi connectivity index (χ3v) is 4.74. The van der Waals surface area contributed by atoms with Crippen molar-refractivity contribution < 1.29 is 60.6 Å². The number of hydrogen-bond donors (Lipinski definition) is 2. The third-order valence-electron chi connectivity index (χ3n) is 3.51. The summed E-state index contributed by atoms with van der Waals surface area (Å²) < 4.78 is 63.8. The maximum atomic E-state index is 12.5. The fraction of sp³-hybridized carbons (Fsp3) is 0.0556. The van der Waals surface area contributed by atoms with Crippen LogP contribution in [-0.4, -0.2) is 36.6 Å². The van der Waals surface area contributed by atoms with Crippen molar-refractivity contribution >= 4 is 39.1 Å². The van der Waals surface area contributed by atoms with Crippen LogP contribution in [0.2, 0.25) is 5.02 Å². The van der Waals surface area contributed by atoms with Gasteiger partial charge in [0.1, 0.15) is 5.75 Å². The number of hydrogen-bond acceptors (Lipinski definition) is 11. The summed E-state index contributed by atoms with van der Waals surface area (Å²) in [5.41, 5.74) is -3.21. The van der Waals surface area contributed by atoms with E-state index < -0.39 is 33.1 Å². The number of Topliss-reactive ketones (excluding diaryl/α,β-unsaturated/α-hetero) is 1. The van der Waals surface area contributed by atoms with E-state index in [1.807, 2.05) is 5.43 Å². The molecule has 186 valence electrons. The molecule has 12 nitrogen and oxygen atoms in total. The molecule has 0 saturated heterocycles. The molecule has 0 aliphatic carbocycles. The van der Waals surface area contributed by atoms with Gasteiger partial charge in [0.05, 0.1) is 5.71 Å². The number of amides is 1. The van der Waals surface area contributed by atoms with Crippen molar-refractivity contribution in [1.29, 1.82) is 0 Å². The highest BCUT2D eigenvalue weighted by molar-refractivity contribution is 7.88. The van der Waals surface area contributed by atoms with Crippen LogP contribution in [0.25, 0.3) is 0 Å². The summed E-state index contributed by atoms with van der Waals surface area (Å²) in [4.78, 5) is 27.5. The molecule has 2 aromatic rings. The molecule has 0 aliphatic heterocycles. The largest absolute Gasteiger partial charge is 0.534 e. The van der Waals surface area contributed by atoms with E-state index in [0.29, 0.717) is 10.6 Å². The average Bonchev–Trinajstić information content (AvgIpc) is 2.80. The Kier molecular flexibility index (Phi) is 9.53. The SMILES string of the molecule is O=C(C#COOOOO)C(=O)N/N=C(/c1ccc(Cl)cc1)c1ccc(OS(=O)(=O)C(F)(F)F)cc1. The minimum absolute atomic E-state index is 0.00548. The molecule has 0 aromatic heterocycles. The van der Waals surface area contributed by atoms with Gasteiger partial charge < -0.3 is 4.18 Å². The zero-order chi connectivity index (χ0) is 26.1. The van der Waals surface area contributed by atoms with Crippen molar-refractivity contribution in [3.63, 3.8) is 0 Å². The Morgan fingerprint density at radius 1 is 1.00 bits per heavy atom. The Labute approximate surface area is 198 Å². The Balaban J connectivity index is 2.27. The van der Waals surface area contributed by atoms with E-state index in [2.05, 4.69) is 29.3 Å².